The maximum absolute atomic E-state index is 13.9. The van der Waals surface area contributed by atoms with Crippen LogP contribution in [-0.2, 0) is 4.74 Å². The van der Waals surface area contributed by atoms with Crippen molar-refractivity contribution in [3.8, 4) is 5.69 Å². The van der Waals surface area contributed by atoms with Crippen LogP contribution in [0.15, 0.2) is 59.0 Å². The molecule has 0 atom stereocenters. The van der Waals surface area contributed by atoms with Crippen molar-refractivity contribution >= 4 is 28.6 Å². The van der Waals surface area contributed by atoms with Crippen molar-refractivity contribution in [3.05, 3.63) is 60.2 Å². The summed E-state index contributed by atoms with van der Waals surface area (Å²) in [5.74, 6) is 0.433. The minimum absolute atomic E-state index is 0.326. The summed E-state index contributed by atoms with van der Waals surface area (Å²) in [6.07, 6.45) is 1.48. The molecule has 0 N–H and O–H groups in total. The normalized spacial score (nSPS) is 14.4. The lowest BCUT2D eigenvalue weighted by molar-refractivity contribution is 0.122. The Bertz CT molecular complexity index is 1190. The summed E-state index contributed by atoms with van der Waals surface area (Å²) in [5, 5.41) is 10.9. The second-order valence-corrected chi connectivity index (χ2v) is 7.95. The van der Waals surface area contributed by atoms with Crippen LogP contribution >= 0.6 is 11.8 Å². The SMILES string of the molecule is Cc1ccc(-n2c(Sc3ncnc4ccc(F)cc34)nnc2N2CCOCC2)cc1. The molecule has 3 heterocycles. The summed E-state index contributed by atoms with van der Waals surface area (Å²) in [4.78, 5) is 10.8. The Morgan fingerprint density at radius 3 is 2.60 bits per heavy atom. The molecule has 0 amide bonds. The van der Waals surface area contributed by atoms with E-state index >= 15 is 0 Å². The van der Waals surface area contributed by atoms with Gasteiger partial charge in [0, 0.05) is 18.5 Å². The molecule has 7 nitrogen and oxygen atoms in total. The van der Waals surface area contributed by atoms with Gasteiger partial charge in [0.05, 0.1) is 24.4 Å². The highest BCUT2D eigenvalue weighted by Crippen LogP contribution is 2.34. The molecule has 0 saturated carbocycles. The van der Waals surface area contributed by atoms with Crippen molar-refractivity contribution in [3.63, 3.8) is 0 Å². The van der Waals surface area contributed by atoms with E-state index in [1.807, 2.05) is 16.7 Å². The zero-order valence-corrected chi connectivity index (χ0v) is 17.1. The van der Waals surface area contributed by atoms with E-state index in [0.717, 1.165) is 24.7 Å². The van der Waals surface area contributed by atoms with Gasteiger partial charge >= 0.3 is 0 Å². The first-order valence-corrected chi connectivity index (χ1v) is 10.4. The number of rotatable bonds is 4. The van der Waals surface area contributed by atoms with Crippen LogP contribution in [0, 0.1) is 12.7 Å². The number of aryl methyl sites for hydroxylation is 1. The van der Waals surface area contributed by atoms with Crippen LogP contribution in [-0.4, -0.2) is 51.0 Å². The molecule has 1 fully saturated rings. The Hall–Kier alpha value is -3.04. The third kappa shape index (κ3) is 3.61. The molecule has 30 heavy (non-hydrogen) atoms. The Kier molecular flexibility index (Phi) is 5.06. The first-order valence-electron chi connectivity index (χ1n) is 9.62. The van der Waals surface area contributed by atoms with Crippen LogP contribution in [0.4, 0.5) is 10.3 Å². The molecular weight excluding hydrogens is 403 g/mol. The lowest BCUT2D eigenvalue weighted by atomic mass is 10.2. The van der Waals surface area contributed by atoms with Gasteiger partial charge in [-0.2, -0.15) is 0 Å². The predicted molar refractivity (Wildman–Crippen MR) is 113 cm³/mol. The van der Waals surface area contributed by atoms with Crippen LogP contribution in [0.3, 0.4) is 0 Å². The van der Waals surface area contributed by atoms with Crippen molar-refractivity contribution in [2.24, 2.45) is 0 Å². The lowest BCUT2D eigenvalue weighted by Gasteiger charge is -2.27. The fourth-order valence-electron chi connectivity index (χ4n) is 3.39. The summed E-state index contributed by atoms with van der Waals surface area (Å²) < 4.78 is 21.4. The molecule has 0 aliphatic carbocycles. The average molecular weight is 422 g/mol. The average Bonchev–Trinajstić information content (AvgIpc) is 3.19. The third-order valence-electron chi connectivity index (χ3n) is 4.95. The molecule has 2 aromatic carbocycles. The molecule has 152 valence electrons. The fraction of sp³-hybridized carbons (Fsp3) is 0.238. The van der Waals surface area contributed by atoms with E-state index in [1.165, 1.54) is 35.8 Å². The van der Waals surface area contributed by atoms with E-state index in [4.69, 9.17) is 4.74 Å². The number of anilines is 1. The zero-order chi connectivity index (χ0) is 20.5. The van der Waals surface area contributed by atoms with Crippen molar-refractivity contribution in [1.82, 2.24) is 24.7 Å². The van der Waals surface area contributed by atoms with E-state index in [2.05, 4.69) is 44.1 Å². The summed E-state index contributed by atoms with van der Waals surface area (Å²) in [5.41, 5.74) is 2.81. The molecule has 4 aromatic rings. The number of morpholine rings is 1. The smallest absolute Gasteiger partial charge is 0.232 e. The second-order valence-electron chi connectivity index (χ2n) is 7.00. The Morgan fingerprint density at radius 2 is 1.80 bits per heavy atom. The van der Waals surface area contributed by atoms with Gasteiger partial charge in [-0.1, -0.05) is 17.7 Å². The van der Waals surface area contributed by atoms with Gasteiger partial charge in [-0.05, 0) is 49.0 Å². The van der Waals surface area contributed by atoms with Gasteiger partial charge in [0.2, 0.25) is 11.1 Å². The maximum atomic E-state index is 13.9. The molecule has 1 aliphatic heterocycles. The topological polar surface area (TPSA) is 69.0 Å². The third-order valence-corrected chi connectivity index (χ3v) is 5.92. The van der Waals surface area contributed by atoms with Crippen LogP contribution < -0.4 is 4.90 Å². The van der Waals surface area contributed by atoms with Crippen LogP contribution in [0.25, 0.3) is 16.6 Å². The molecule has 0 unspecified atom stereocenters. The number of hydrogen-bond acceptors (Lipinski definition) is 7. The molecule has 1 aliphatic rings. The fourth-order valence-corrected chi connectivity index (χ4v) is 4.30. The van der Waals surface area contributed by atoms with Crippen molar-refractivity contribution in [2.45, 2.75) is 17.1 Å². The number of aromatic nitrogens is 5. The van der Waals surface area contributed by atoms with Gasteiger partial charge in [0.15, 0.2) is 0 Å². The Morgan fingerprint density at radius 1 is 1.00 bits per heavy atom. The molecular formula is C21H19FN6OS. The van der Waals surface area contributed by atoms with E-state index in [9.17, 15) is 4.39 Å². The number of hydrogen-bond donors (Lipinski definition) is 0. The molecule has 1 saturated heterocycles. The van der Waals surface area contributed by atoms with Gasteiger partial charge in [-0.15, -0.1) is 10.2 Å². The van der Waals surface area contributed by atoms with Crippen molar-refractivity contribution < 1.29 is 9.13 Å². The monoisotopic (exact) mass is 422 g/mol. The van der Waals surface area contributed by atoms with Crippen LogP contribution in [0.1, 0.15) is 5.56 Å². The van der Waals surface area contributed by atoms with E-state index in [1.54, 1.807) is 6.07 Å². The number of halogens is 1. The van der Waals surface area contributed by atoms with E-state index in [-0.39, 0.29) is 5.82 Å². The second kappa shape index (κ2) is 8.00. The molecule has 2 aromatic heterocycles. The first-order chi connectivity index (χ1) is 14.7. The molecule has 5 rings (SSSR count). The zero-order valence-electron chi connectivity index (χ0n) is 16.3. The van der Waals surface area contributed by atoms with Crippen LogP contribution in [0.5, 0.6) is 0 Å². The highest BCUT2D eigenvalue weighted by atomic mass is 32.2. The van der Waals surface area contributed by atoms with E-state index < -0.39 is 0 Å². The summed E-state index contributed by atoms with van der Waals surface area (Å²) >= 11 is 1.35. The largest absolute Gasteiger partial charge is 0.378 e. The molecule has 0 radical (unpaired) electrons. The number of nitrogens with zero attached hydrogens (tertiary/aromatic N) is 6. The van der Waals surface area contributed by atoms with Crippen molar-refractivity contribution in [1.29, 1.82) is 0 Å². The Labute approximate surface area is 176 Å². The molecule has 0 spiro atoms. The standard InChI is InChI=1S/C21H19FN6OS/c1-14-2-5-16(6-3-14)28-20(27-8-10-29-11-9-27)25-26-21(28)30-19-17-12-15(22)4-7-18(17)23-13-24-19/h2-7,12-13H,8-11H2,1H3. The number of ether oxygens (including phenoxy) is 1. The quantitative estimate of drug-likeness (QED) is 0.465. The molecule has 0 bridgehead atoms. The van der Waals surface area contributed by atoms with E-state index in [0.29, 0.717) is 34.3 Å². The van der Waals surface area contributed by atoms with Crippen LogP contribution in [0.2, 0.25) is 0 Å². The van der Waals surface area contributed by atoms with Crippen molar-refractivity contribution in [2.75, 3.05) is 31.2 Å². The summed E-state index contributed by atoms with van der Waals surface area (Å²) in [7, 11) is 0. The lowest BCUT2D eigenvalue weighted by Crippen LogP contribution is -2.37. The number of fused-ring (bicyclic) bond motifs is 1. The predicted octanol–water partition coefficient (Wildman–Crippen LogP) is 3.65. The summed E-state index contributed by atoms with van der Waals surface area (Å²) in [6, 6.07) is 12.7. The van der Waals surface area contributed by atoms with Gasteiger partial charge in [0.25, 0.3) is 0 Å². The van der Waals surface area contributed by atoms with Gasteiger partial charge in [-0.25, -0.2) is 14.4 Å². The van der Waals surface area contributed by atoms with Gasteiger partial charge < -0.3 is 9.64 Å². The maximum Gasteiger partial charge on any atom is 0.232 e. The highest BCUT2D eigenvalue weighted by Gasteiger charge is 2.23. The summed E-state index contributed by atoms with van der Waals surface area (Å²) in [6.45, 7) is 4.85. The Balaban J connectivity index is 1.61. The minimum atomic E-state index is -0.326. The van der Waals surface area contributed by atoms with Gasteiger partial charge in [-0.3, -0.25) is 4.57 Å². The number of benzene rings is 2. The molecule has 9 heteroatoms. The van der Waals surface area contributed by atoms with Gasteiger partial charge in [0.1, 0.15) is 17.2 Å². The minimum Gasteiger partial charge on any atom is -0.378 e. The first kappa shape index (κ1) is 19.0. The highest BCUT2D eigenvalue weighted by molar-refractivity contribution is 7.99.